The molecule has 0 N–H and O–H groups in total. The van der Waals surface area contributed by atoms with Gasteiger partial charge in [-0.15, -0.1) is 0 Å². The van der Waals surface area contributed by atoms with Gasteiger partial charge in [0.15, 0.2) is 0 Å². The van der Waals surface area contributed by atoms with Crippen LogP contribution in [-0.2, 0) is 37.2 Å². The van der Waals surface area contributed by atoms with Crippen molar-refractivity contribution in [2.45, 2.75) is 24.6 Å². The van der Waals surface area contributed by atoms with E-state index in [-0.39, 0.29) is 0 Å². The molecule has 6 aromatic rings. The van der Waals surface area contributed by atoms with E-state index in [9.17, 15) is 0 Å². The fourth-order valence-corrected chi connectivity index (χ4v) is 59.6. The van der Waals surface area contributed by atoms with Gasteiger partial charge in [-0.1, -0.05) is 0 Å². The van der Waals surface area contributed by atoms with Crippen molar-refractivity contribution in [1.29, 1.82) is 0 Å². The Hall–Kier alpha value is -2.58. The first-order chi connectivity index (χ1) is 22.0. The molecule has 6 rings (SSSR count). The number of benzene rings is 6. The van der Waals surface area contributed by atoms with Crippen LogP contribution in [0.3, 0.4) is 0 Å². The van der Waals surface area contributed by atoms with E-state index in [2.05, 4.69) is 182 Å². The SMILES string of the molecule is [Cl][Pd]([Cl])([PH](Cc1ccccc1)(Cc1ccccc1)c1ccccc1)[PH](Cc1ccccc1)(Cc1ccccc1)c1ccccc1. The van der Waals surface area contributed by atoms with Gasteiger partial charge in [-0.2, -0.15) is 0 Å². The molecule has 0 nitrogen and oxygen atoms in total. The Morgan fingerprint density at radius 1 is 0.311 bits per heavy atom. The summed E-state index contributed by atoms with van der Waals surface area (Å²) in [6.45, 7) is 0. The van der Waals surface area contributed by atoms with E-state index in [4.69, 9.17) is 19.1 Å². The van der Waals surface area contributed by atoms with Gasteiger partial charge in [0.1, 0.15) is 0 Å². The molecule has 0 heterocycles. The molecule has 0 bridgehead atoms. The quantitative estimate of drug-likeness (QED) is 0.0861. The van der Waals surface area contributed by atoms with Crippen LogP contribution in [0.2, 0.25) is 0 Å². The molecule has 6 aromatic carbocycles. The first-order valence-corrected chi connectivity index (χ1v) is 28.5. The Labute approximate surface area is 280 Å². The molecular weight excluding hydrogens is 720 g/mol. The van der Waals surface area contributed by atoms with E-state index in [0.29, 0.717) is 0 Å². The fraction of sp³-hybridized carbons (Fsp3) is 0.100. The zero-order valence-corrected chi connectivity index (χ0v) is 30.3. The molecule has 234 valence electrons. The van der Waals surface area contributed by atoms with Gasteiger partial charge in [-0.05, 0) is 0 Å². The molecule has 0 spiro atoms. The van der Waals surface area contributed by atoms with Gasteiger partial charge in [0.05, 0.1) is 0 Å². The average molecular weight is 760 g/mol. The Kier molecular flexibility index (Phi) is 10.7. The van der Waals surface area contributed by atoms with Crippen LogP contribution < -0.4 is 10.6 Å². The Morgan fingerprint density at radius 3 is 0.733 bits per heavy atom. The van der Waals surface area contributed by atoms with Crippen molar-refractivity contribution in [2.24, 2.45) is 0 Å². The molecule has 0 aliphatic heterocycles. The van der Waals surface area contributed by atoms with E-state index < -0.39 is 23.4 Å². The predicted molar refractivity (Wildman–Crippen MR) is 201 cm³/mol. The second-order valence-corrected chi connectivity index (χ2v) is 45.7. The van der Waals surface area contributed by atoms with Gasteiger partial charge < -0.3 is 0 Å². The fourth-order valence-electron chi connectivity index (χ4n) is 6.41. The van der Waals surface area contributed by atoms with Crippen molar-refractivity contribution in [1.82, 2.24) is 0 Å². The zero-order chi connectivity index (χ0) is 31.0. The van der Waals surface area contributed by atoms with Crippen molar-refractivity contribution >= 4 is 40.6 Å². The maximum atomic E-state index is 8.69. The molecule has 0 aliphatic rings. The molecule has 0 fully saturated rings. The monoisotopic (exact) mass is 758 g/mol. The van der Waals surface area contributed by atoms with E-state index in [0.717, 1.165) is 24.6 Å². The van der Waals surface area contributed by atoms with Gasteiger partial charge in [-0.25, -0.2) is 0 Å². The third kappa shape index (κ3) is 7.07. The summed E-state index contributed by atoms with van der Waals surface area (Å²) < 4.78 is 0. The third-order valence-corrected chi connectivity index (χ3v) is 60.7. The van der Waals surface area contributed by atoms with E-state index in [1.54, 1.807) is 0 Å². The summed E-state index contributed by atoms with van der Waals surface area (Å²) in [6, 6.07) is 66.2. The summed E-state index contributed by atoms with van der Waals surface area (Å²) in [6.07, 6.45) is 3.62. The van der Waals surface area contributed by atoms with Gasteiger partial charge in [-0.3, -0.25) is 0 Å². The van der Waals surface area contributed by atoms with Gasteiger partial charge in [0, 0.05) is 0 Å². The molecule has 0 radical (unpaired) electrons. The average Bonchev–Trinajstić information content (AvgIpc) is 3.10. The molecule has 0 saturated carbocycles. The molecule has 0 aliphatic carbocycles. The minimum absolute atomic E-state index is 0.905. The molecule has 5 heteroatoms. The van der Waals surface area contributed by atoms with Crippen LogP contribution in [0.15, 0.2) is 182 Å². The van der Waals surface area contributed by atoms with E-state index >= 15 is 0 Å². The van der Waals surface area contributed by atoms with Crippen LogP contribution in [0.4, 0.5) is 0 Å². The first kappa shape index (κ1) is 32.4. The van der Waals surface area contributed by atoms with Gasteiger partial charge >= 0.3 is 282 Å². The zero-order valence-electron chi connectivity index (χ0n) is 25.2. The van der Waals surface area contributed by atoms with Crippen molar-refractivity contribution < 1.29 is 12.5 Å². The third-order valence-electron chi connectivity index (χ3n) is 8.57. The van der Waals surface area contributed by atoms with E-state index in [1.807, 2.05) is 0 Å². The standard InChI is InChI=1S/2C20H19P.2ClH.Pd/c2*1-4-10-18(11-5-1)16-21(20-14-8-3-9-15-20)17-19-12-6-2-7-13-19;;;/h2*1-15H,16-17H2;2*1H;. The minimum atomic E-state index is -3.43. The number of hydrogen-bond acceptors (Lipinski definition) is 0. The second-order valence-electron chi connectivity index (χ2n) is 11.6. The van der Waals surface area contributed by atoms with Crippen LogP contribution in [0.5, 0.6) is 0 Å². The Bertz CT molecular complexity index is 1540. The van der Waals surface area contributed by atoms with Gasteiger partial charge in [0.2, 0.25) is 0 Å². The van der Waals surface area contributed by atoms with Crippen LogP contribution in [0.25, 0.3) is 0 Å². The molecule has 0 atom stereocenters. The van der Waals surface area contributed by atoms with Crippen LogP contribution >= 0.6 is 30.0 Å². The molecule has 0 amide bonds. The molecule has 0 unspecified atom stereocenters. The van der Waals surface area contributed by atoms with Crippen molar-refractivity contribution in [2.75, 3.05) is 0 Å². The predicted octanol–water partition coefficient (Wildman–Crippen LogP) is 11.2. The van der Waals surface area contributed by atoms with Crippen LogP contribution in [-0.4, -0.2) is 0 Å². The molecule has 0 saturated heterocycles. The van der Waals surface area contributed by atoms with Crippen molar-refractivity contribution in [3.8, 4) is 0 Å². The Morgan fingerprint density at radius 2 is 0.511 bits per heavy atom. The molecule has 45 heavy (non-hydrogen) atoms. The summed E-state index contributed by atoms with van der Waals surface area (Å²) >= 11 is -3.43. The molecule has 0 aromatic heterocycles. The first-order valence-electron chi connectivity index (χ1n) is 15.3. The van der Waals surface area contributed by atoms with E-state index in [1.165, 1.54) is 32.9 Å². The van der Waals surface area contributed by atoms with Crippen molar-refractivity contribution in [3.05, 3.63) is 204 Å². The summed E-state index contributed by atoms with van der Waals surface area (Å²) in [7, 11) is 17.4. The summed E-state index contributed by atoms with van der Waals surface area (Å²) in [4.78, 5) is 0. The summed E-state index contributed by atoms with van der Waals surface area (Å²) in [5, 5.41) is 2.74. The van der Waals surface area contributed by atoms with Gasteiger partial charge in [0.25, 0.3) is 0 Å². The molecular formula is C40H40Cl2P2Pd. The van der Waals surface area contributed by atoms with Crippen LogP contribution in [0, 0.1) is 0 Å². The summed E-state index contributed by atoms with van der Waals surface area (Å²) in [5.41, 5.74) is -0.249. The second kappa shape index (κ2) is 14.9. The maximum absolute atomic E-state index is 8.69. The topological polar surface area (TPSA) is 0 Å². The number of hydrogen-bond donors (Lipinski definition) is 0. The summed E-state index contributed by atoms with van der Waals surface area (Å²) in [5.74, 6) is 0. The van der Waals surface area contributed by atoms with Crippen LogP contribution in [0.1, 0.15) is 22.3 Å². The van der Waals surface area contributed by atoms with Crippen molar-refractivity contribution in [3.63, 3.8) is 0 Å². The number of rotatable bonds is 12. The number of halogens is 2. The normalized spacial score (nSPS) is 13.2. The Balaban J connectivity index is 1.68.